The van der Waals surface area contributed by atoms with Crippen LogP contribution in [0.15, 0.2) is 31.0 Å². The summed E-state index contributed by atoms with van der Waals surface area (Å²) in [5.41, 5.74) is 0.928. The third-order valence-electron chi connectivity index (χ3n) is 7.80. The van der Waals surface area contributed by atoms with Gasteiger partial charge in [-0.15, -0.1) is 0 Å². The molecule has 4 heterocycles. The average Bonchev–Trinajstić information content (AvgIpc) is 3.47. The summed E-state index contributed by atoms with van der Waals surface area (Å²) in [7, 11) is 6.26. The maximum atomic E-state index is 12.0. The van der Waals surface area contributed by atoms with Gasteiger partial charge in [-0.2, -0.15) is 0 Å². The van der Waals surface area contributed by atoms with Gasteiger partial charge in [-0.1, -0.05) is 29.8 Å². The molecule has 0 spiro atoms. The number of hydrogen-bond acceptors (Lipinski definition) is 11. The first-order valence-corrected chi connectivity index (χ1v) is 14.4. The molecule has 2 aliphatic heterocycles. The van der Waals surface area contributed by atoms with E-state index in [9.17, 15) is 4.79 Å². The lowest BCUT2D eigenvalue weighted by molar-refractivity contribution is -0.189. The lowest BCUT2D eigenvalue weighted by atomic mass is 10.0. The second kappa shape index (κ2) is 13.1. The van der Waals surface area contributed by atoms with Gasteiger partial charge < -0.3 is 39.2 Å². The molecular weight excluding hydrogens is 599 g/mol. The summed E-state index contributed by atoms with van der Waals surface area (Å²) in [4.78, 5) is 28.5. The van der Waals surface area contributed by atoms with Gasteiger partial charge >= 0.3 is 0 Å². The van der Waals surface area contributed by atoms with Crippen molar-refractivity contribution in [2.24, 2.45) is 0 Å². The monoisotopic (exact) mass is 632 g/mol. The third-order valence-corrected chi connectivity index (χ3v) is 8.55. The van der Waals surface area contributed by atoms with Crippen LogP contribution in [0.4, 0.5) is 11.6 Å². The van der Waals surface area contributed by atoms with Crippen LogP contribution in [0.2, 0.25) is 10.0 Å². The molecule has 3 aromatic rings. The highest BCUT2D eigenvalue weighted by atomic mass is 35.5. The molecule has 12 nitrogen and oxygen atoms in total. The molecule has 43 heavy (non-hydrogen) atoms. The summed E-state index contributed by atoms with van der Waals surface area (Å²) >= 11 is 13.5. The number of nitrogens with zero attached hydrogens (tertiary/aromatic N) is 4. The number of fused-ring (bicyclic) bond motifs is 1. The third kappa shape index (κ3) is 6.16. The van der Waals surface area contributed by atoms with Crippen LogP contribution < -0.4 is 25.0 Å². The van der Waals surface area contributed by atoms with Gasteiger partial charge in [0.15, 0.2) is 11.6 Å². The average molecular weight is 634 g/mol. The smallest absolute Gasteiger partial charge is 0.243 e. The highest BCUT2D eigenvalue weighted by Gasteiger charge is 2.40. The predicted molar refractivity (Wildman–Crippen MR) is 164 cm³/mol. The van der Waals surface area contributed by atoms with Gasteiger partial charge in [-0.25, -0.2) is 15.0 Å². The van der Waals surface area contributed by atoms with E-state index >= 15 is 0 Å². The van der Waals surface area contributed by atoms with E-state index in [0.717, 1.165) is 5.39 Å². The number of methoxy groups -OCH3 is 4. The van der Waals surface area contributed by atoms with Crippen LogP contribution in [0.5, 0.6) is 11.5 Å². The number of hydrogen-bond donors (Lipinski definition) is 2. The van der Waals surface area contributed by atoms with Crippen LogP contribution in [-0.2, 0) is 19.0 Å². The quantitative estimate of drug-likeness (QED) is 0.248. The van der Waals surface area contributed by atoms with Crippen LogP contribution >= 0.6 is 23.2 Å². The van der Waals surface area contributed by atoms with E-state index in [1.807, 2.05) is 6.07 Å². The Bertz CT molecular complexity index is 1490. The Labute approximate surface area is 259 Å². The number of anilines is 2. The highest BCUT2D eigenvalue weighted by molar-refractivity contribution is 6.41. The molecule has 14 heteroatoms. The molecule has 2 N–H and O–H groups in total. The number of pyridine rings is 1. The molecule has 2 aliphatic rings. The number of nitrogens with one attached hydrogen (secondary N) is 2. The molecule has 1 amide bonds. The first kappa shape index (κ1) is 31.0. The summed E-state index contributed by atoms with van der Waals surface area (Å²) in [6.45, 7) is 5.52. The van der Waals surface area contributed by atoms with Gasteiger partial charge in [-0.05, 0) is 18.6 Å². The SMILES string of the molecule is C=CC(=O)N[C@H]1CCOC[C@H]1Nc1cc2c(N3CCC(OC)(OC)C3)nc(-c3c(Cl)c(OC)cc(OC)c3Cl)nc2cn1. The molecule has 5 rings (SSSR count). The lowest BCUT2D eigenvalue weighted by Crippen LogP contribution is -2.52. The fourth-order valence-corrected chi connectivity index (χ4v) is 6.04. The van der Waals surface area contributed by atoms with Crippen molar-refractivity contribution < 1.29 is 28.5 Å². The van der Waals surface area contributed by atoms with Crippen LogP contribution in [0.3, 0.4) is 0 Å². The number of benzene rings is 1. The minimum atomic E-state index is -0.796. The number of ether oxygens (including phenoxy) is 5. The topological polar surface area (TPSA) is 129 Å². The van der Waals surface area contributed by atoms with E-state index in [1.165, 1.54) is 20.3 Å². The molecule has 2 aromatic heterocycles. The number of carbonyl (C=O) groups excluding carboxylic acids is 1. The minimum Gasteiger partial charge on any atom is -0.495 e. The Hall–Kier alpha value is -3.42. The van der Waals surface area contributed by atoms with Crippen molar-refractivity contribution in [1.29, 1.82) is 0 Å². The molecule has 2 saturated heterocycles. The number of carbonyl (C=O) groups is 1. The van der Waals surface area contributed by atoms with E-state index in [1.54, 1.807) is 26.5 Å². The maximum absolute atomic E-state index is 12.0. The molecule has 0 bridgehead atoms. The van der Waals surface area contributed by atoms with Crippen molar-refractivity contribution in [3.8, 4) is 22.9 Å². The highest BCUT2D eigenvalue weighted by Crippen LogP contribution is 2.46. The number of rotatable bonds is 10. The van der Waals surface area contributed by atoms with Gasteiger partial charge in [0.05, 0.1) is 66.8 Å². The van der Waals surface area contributed by atoms with Crippen molar-refractivity contribution in [3.63, 3.8) is 0 Å². The molecule has 2 atom stereocenters. The van der Waals surface area contributed by atoms with Crippen molar-refractivity contribution in [2.75, 3.05) is 65.0 Å². The fraction of sp³-hybridized carbons (Fsp3) is 0.448. The Morgan fingerprint density at radius 3 is 2.47 bits per heavy atom. The van der Waals surface area contributed by atoms with E-state index in [0.29, 0.717) is 73.4 Å². The Morgan fingerprint density at radius 2 is 1.84 bits per heavy atom. The predicted octanol–water partition coefficient (Wildman–Crippen LogP) is 4.09. The zero-order valence-electron chi connectivity index (χ0n) is 24.4. The van der Waals surface area contributed by atoms with E-state index in [2.05, 4.69) is 27.1 Å². The molecule has 0 aliphatic carbocycles. The van der Waals surface area contributed by atoms with E-state index < -0.39 is 5.79 Å². The van der Waals surface area contributed by atoms with Crippen LogP contribution in [0.1, 0.15) is 12.8 Å². The number of aromatic nitrogens is 3. The van der Waals surface area contributed by atoms with Gasteiger partial charge in [0, 0.05) is 45.2 Å². The Kier molecular flexibility index (Phi) is 9.42. The molecule has 230 valence electrons. The number of halogens is 2. The van der Waals surface area contributed by atoms with Crippen molar-refractivity contribution >= 4 is 51.6 Å². The Balaban J connectivity index is 1.61. The summed E-state index contributed by atoms with van der Waals surface area (Å²) in [6.07, 6.45) is 4.19. The first-order valence-electron chi connectivity index (χ1n) is 13.7. The molecule has 1 aromatic carbocycles. The van der Waals surface area contributed by atoms with Gasteiger partial charge in [0.25, 0.3) is 0 Å². The largest absolute Gasteiger partial charge is 0.495 e. The van der Waals surface area contributed by atoms with E-state index in [-0.39, 0.29) is 33.9 Å². The molecule has 2 fully saturated rings. The second-order valence-corrected chi connectivity index (χ2v) is 10.9. The minimum absolute atomic E-state index is 0.162. The first-order chi connectivity index (χ1) is 20.8. The summed E-state index contributed by atoms with van der Waals surface area (Å²) in [5.74, 6) is 1.16. The van der Waals surface area contributed by atoms with Crippen molar-refractivity contribution in [3.05, 3.63) is 41.0 Å². The standard InChI is InChI=1S/C29H34Cl2N6O6/c1-6-23(38)34-17-7-10-43-14-19(17)33-22-11-16-18(13-32-22)35-27(24-25(30)20(39-2)12-21(40-3)26(24)31)36-28(16)37-9-8-29(15-37,41-4)42-5/h6,11-13,17,19H,1,7-10,14-15H2,2-5H3,(H,32,33)(H,34,38)/t17-,19+/m0/s1. The molecular formula is C29H34Cl2N6O6. The lowest BCUT2D eigenvalue weighted by Gasteiger charge is -2.33. The molecule has 0 saturated carbocycles. The van der Waals surface area contributed by atoms with Crippen LogP contribution in [0.25, 0.3) is 22.3 Å². The van der Waals surface area contributed by atoms with Crippen LogP contribution in [0, 0.1) is 0 Å². The van der Waals surface area contributed by atoms with Crippen molar-refractivity contribution in [2.45, 2.75) is 30.7 Å². The zero-order valence-corrected chi connectivity index (χ0v) is 25.9. The van der Waals surface area contributed by atoms with Crippen LogP contribution in [-0.4, -0.2) is 93.5 Å². The molecule has 0 unspecified atom stereocenters. The zero-order chi connectivity index (χ0) is 30.7. The summed E-state index contributed by atoms with van der Waals surface area (Å²) in [5, 5.41) is 7.63. The normalized spacial score (nSPS) is 19.7. The van der Waals surface area contributed by atoms with Gasteiger partial charge in [0.1, 0.15) is 23.1 Å². The maximum Gasteiger partial charge on any atom is 0.243 e. The number of amides is 1. The second-order valence-electron chi connectivity index (χ2n) is 10.2. The summed E-state index contributed by atoms with van der Waals surface area (Å²) < 4.78 is 28.1. The fourth-order valence-electron chi connectivity index (χ4n) is 5.37. The van der Waals surface area contributed by atoms with Gasteiger partial charge in [-0.3, -0.25) is 4.79 Å². The Morgan fingerprint density at radius 1 is 1.12 bits per heavy atom. The van der Waals surface area contributed by atoms with Crippen molar-refractivity contribution in [1.82, 2.24) is 20.3 Å². The summed E-state index contributed by atoms with van der Waals surface area (Å²) in [6, 6.07) is 3.12. The van der Waals surface area contributed by atoms with E-state index in [4.69, 9.17) is 56.9 Å². The molecule has 0 radical (unpaired) electrons. The van der Waals surface area contributed by atoms with Gasteiger partial charge in [0.2, 0.25) is 5.91 Å².